The van der Waals surface area contributed by atoms with E-state index >= 15 is 0 Å². The van der Waals surface area contributed by atoms with Crippen LogP contribution in [0.2, 0.25) is 0 Å². The van der Waals surface area contributed by atoms with Crippen LogP contribution in [0.4, 0.5) is 0 Å². The van der Waals surface area contributed by atoms with Gasteiger partial charge in [0.1, 0.15) is 0 Å². The molecule has 2 N–H and O–H groups in total. The van der Waals surface area contributed by atoms with E-state index in [9.17, 15) is 14.4 Å². The normalized spacial score (nSPS) is 10.7. The number of nitrogens with one attached hydrogen (secondary N) is 2. The van der Waals surface area contributed by atoms with Crippen molar-refractivity contribution in [3.8, 4) is 0 Å². The Bertz CT molecular complexity index is 1050. The summed E-state index contributed by atoms with van der Waals surface area (Å²) in [5.74, 6) is -0.750. The molecule has 27 heavy (non-hydrogen) atoms. The number of hydrogen-bond acceptors (Lipinski definition) is 6. The van der Waals surface area contributed by atoms with Crippen LogP contribution in [0, 0.1) is 0 Å². The van der Waals surface area contributed by atoms with Crippen LogP contribution in [-0.2, 0) is 11.3 Å². The van der Waals surface area contributed by atoms with Gasteiger partial charge in [0.25, 0.3) is 11.5 Å². The average molecular weight is 467 g/mol. The van der Waals surface area contributed by atoms with E-state index in [2.05, 4.69) is 31.8 Å². The van der Waals surface area contributed by atoms with Gasteiger partial charge in [-0.25, -0.2) is 4.98 Å². The van der Waals surface area contributed by atoms with Crippen molar-refractivity contribution in [1.82, 2.24) is 20.4 Å². The van der Waals surface area contributed by atoms with Crippen LogP contribution in [0.5, 0.6) is 0 Å². The minimum atomic E-state index is -0.391. The second kappa shape index (κ2) is 8.68. The fourth-order valence-corrected chi connectivity index (χ4v) is 4.17. The van der Waals surface area contributed by atoms with E-state index in [-0.39, 0.29) is 17.2 Å². The van der Waals surface area contributed by atoms with Crippen LogP contribution < -0.4 is 16.4 Å². The Balaban J connectivity index is 1.69. The summed E-state index contributed by atoms with van der Waals surface area (Å²) in [5.41, 5.74) is 5.14. The van der Waals surface area contributed by atoms with Crippen molar-refractivity contribution in [3.05, 3.63) is 55.4 Å². The van der Waals surface area contributed by atoms with Crippen molar-refractivity contribution in [1.29, 1.82) is 0 Å². The molecule has 10 heteroatoms. The Morgan fingerprint density at radius 2 is 2.11 bits per heavy atom. The second-order valence-electron chi connectivity index (χ2n) is 5.37. The summed E-state index contributed by atoms with van der Waals surface area (Å²) in [6.07, 6.45) is 0. The first-order valence-corrected chi connectivity index (χ1v) is 10.6. The van der Waals surface area contributed by atoms with Gasteiger partial charge in [-0.3, -0.25) is 29.8 Å². The highest BCUT2D eigenvalue weighted by Crippen LogP contribution is 2.20. The number of fused-ring (bicyclic) bond motifs is 1. The molecule has 0 unspecified atom stereocenters. The van der Waals surface area contributed by atoms with Gasteiger partial charge in [0.05, 0.1) is 21.5 Å². The highest BCUT2D eigenvalue weighted by molar-refractivity contribution is 9.10. The lowest BCUT2D eigenvalue weighted by molar-refractivity contribution is -0.119. The maximum Gasteiger partial charge on any atom is 0.279 e. The molecule has 3 aromatic rings. The van der Waals surface area contributed by atoms with Crippen LogP contribution in [0.15, 0.2) is 50.1 Å². The molecular formula is C17H15BrN4O3S2. The molecule has 0 radical (unpaired) electrons. The number of amides is 2. The second-order valence-corrected chi connectivity index (χ2v) is 8.18. The zero-order valence-corrected chi connectivity index (χ0v) is 17.4. The molecule has 0 bridgehead atoms. The Morgan fingerprint density at radius 1 is 1.30 bits per heavy atom. The number of rotatable bonds is 5. The molecule has 2 aromatic heterocycles. The van der Waals surface area contributed by atoms with Crippen LogP contribution >= 0.6 is 39.0 Å². The van der Waals surface area contributed by atoms with Crippen molar-refractivity contribution in [3.63, 3.8) is 0 Å². The first-order valence-electron chi connectivity index (χ1n) is 7.95. The summed E-state index contributed by atoms with van der Waals surface area (Å²) in [5, 5.41) is 2.75. The molecule has 0 saturated heterocycles. The number of aromatic nitrogens is 2. The van der Waals surface area contributed by atoms with E-state index in [0.717, 1.165) is 16.2 Å². The topological polar surface area (TPSA) is 93.1 Å². The summed E-state index contributed by atoms with van der Waals surface area (Å²) in [4.78, 5) is 41.5. The summed E-state index contributed by atoms with van der Waals surface area (Å²) in [7, 11) is 0. The molecule has 0 spiro atoms. The minimum Gasteiger partial charge on any atom is -0.287 e. The molecule has 0 saturated carbocycles. The lowest BCUT2D eigenvalue weighted by atomic mass is 10.2. The van der Waals surface area contributed by atoms with Gasteiger partial charge in [-0.05, 0) is 36.6 Å². The predicted molar refractivity (Wildman–Crippen MR) is 110 cm³/mol. The number of carbonyl (C=O) groups is 2. The molecule has 0 fully saturated rings. The average Bonchev–Trinajstić information content (AvgIpc) is 3.20. The molecular weight excluding hydrogens is 452 g/mol. The third-order valence-corrected chi connectivity index (χ3v) is 5.93. The first-order chi connectivity index (χ1) is 13.0. The van der Waals surface area contributed by atoms with Gasteiger partial charge in [0.2, 0.25) is 5.91 Å². The first kappa shape index (κ1) is 19.6. The van der Waals surface area contributed by atoms with Gasteiger partial charge in [-0.2, -0.15) is 0 Å². The standard InChI is InChI=1S/C17H15BrN4O3S2/c1-2-22-16(25)11-8-10(18)5-6-12(11)19-17(22)27-9-14(23)20-21-15(24)13-4-3-7-26-13/h3-8H,2,9H2,1H3,(H,20,23)(H,21,24). The highest BCUT2D eigenvalue weighted by atomic mass is 79.9. The van der Waals surface area contributed by atoms with E-state index in [1.54, 1.807) is 29.6 Å². The lowest BCUT2D eigenvalue weighted by Crippen LogP contribution is -2.42. The third kappa shape index (κ3) is 4.57. The number of carbonyl (C=O) groups excluding carboxylic acids is 2. The summed E-state index contributed by atoms with van der Waals surface area (Å²) in [6.45, 7) is 2.28. The van der Waals surface area contributed by atoms with Crippen LogP contribution in [0.3, 0.4) is 0 Å². The van der Waals surface area contributed by atoms with Crippen molar-refractivity contribution in [2.45, 2.75) is 18.6 Å². The van der Waals surface area contributed by atoms with Gasteiger partial charge in [-0.1, -0.05) is 33.8 Å². The maximum absolute atomic E-state index is 12.7. The molecule has 0 aliphatic rings. The molecule has 140 valence electrons. The zero-order valence-electron chi connectivity index (χ0n) is 14.2. The van der Waals surface area contributed by atoms with Gasteiger partial charge < -0.3 is 0 Å². The molecule has 3 rings (SSSR count). The van der Waals surface area contributed by atoms with E-state index in [0.29, 0.717) is 27.5 Å². The smallest absolute Gasteiger partial charge is 0.279 e. The van der Waals surface area contributed by atoms with Crippen molar-refractivity contribution in [2.75, 3.05) is 5.75 Å². The number of benzene rings is 1. The number of thiophene rings is 1. The number of halogens is 1. The SMILES string of the molecule is CCn1c(SCC(=O)NNC(=O)c2cccs2)nc2ccc(Br)cc2c1=O. The van der Waals surface area contributed by atoms with Crippen LogP contribution in [-0.4, -0.2) is 27.1 Å². The number of nitrogens with zero attached hydrogens (tertiary/aromatic N) is 2. The largest absolute Gasteiger partial charge is 0.287 e. The number of hydrazine groups is 1. The van der Waals surface area contributed by atoms with Gasteiger partial charge in [0.15, 0.2) is 5.16 Å². The Hall–Kier alpha value is -2.17. The molecule has 0 aliphatic carbocycles. The number of hydrogen-bond donors (Lipinski definition) is 2. The molecule has 0 aliphatic heterocycles. The zero-order chi connectivity index (χ0) is 19.4. The van der Waals surface area contributed by atoms with E-state index < -0.39 is 5.91 Å². The fraction of sp³-hybridized carbons (Fsp3) is 0.176. The fourth-order valence-electron chi connectivity index (χ4n) is 2.32. The monoisotopic (exact) mass is 466 g/mol. The Labute approximate surface area is 171 Å². The predicted octanol–water partition coefficient (Wildman–Crippen LogP) is 2.79. The van der Waals surface area contributed by atoms with Crippen LogP contribution in [0.25, 0.3) is 10.9 Å². The van der Waals surface area contributed by atoms with Gasteiger partial charge in [-0.15, -0.1) is 11.3 Å². The highest BCUT2D eigenvalue weighted by Gasteiger charge is 2.13. The molecule has 0 atom stereocenters. The van der Waals surface area contributed by atoms with Crippen molar-refractivity contribution >= 4 is 61.7 Å². The van der Waals surface area contributed by atoms with Crippen molar-refractivity contribution < 1.29 is 9.59 Å². The third-order valence-electron chi connectivity index (χ3n) is 3.59. The molecule has 2 amide bonds. The van der Waals surface area contributed by atoms with E-state index in [4.69, 9.17) is 0 Å². The maximum atomic E-state index is 12.7. The summed E-state index contributed by atoms with van der Waals surface area (Å²) >= 11 is 5.78. The number of thioether (sulfide) groups is 1. The van der Waals surface area contributed by atoms with Gasteiger partial charge in [0, 0.05) is 11.0 Å². The van der Waals surface area contributed by atoms with Gasteiger partial charge >= 0.3 is 0 Å². The molecule has 7 nitrogen and oxygen atoms in total. The van der Waals surface area contributed by atoms with E-state index in [1.807, 2.05) is 13.0 Å². The molecule has 1 aromatic carbocycles. The minimum absolute atomic E-state index is 0.0131. The Morgan fingerprint density at radius 3 is 2.81 bits per heavy atom. The summed E-state index contributed by atoms with van der Waals surface area (Å²) < 4.78 is 2.33. The lowest BCUT2D eigenvalue weighted by Gasteiger charge is -2.11. The van der Waals surface area contributed by atoms with Crippen molar-refractivity contribution in [2.24, 2.45) is 0 Å². The molecule has 2 heterocycles. The Kier molecular flexibility index (Phi) is 6.30. The van der Waals surface area contributed by atoms with Crippen LogP contribution in [0.1, 0.15) is 16.6 Å². The quantitative estimate of drug-likeness (QED) is 0.342. The van der Waals surface area contributed by atoms with E-state index in [1.165, 1.54) is 15.9 Å². The summed E-state index contributed by atoms with van der Waals surface area (Å²) in [6, 6.07) is 8.72.